The van der Waals surface area contributed by atoms with Crippen molar-refractivity contribution in [3.63, 3.8) is 0 Å². The van der Waals surface area contributed by atoms with E-state index in [0.717, 1.165) is 32.2 Å². The van der Waals surface area contributed by atoms with Crippen molar-refractivity contribution in [1.29, 1.82) is 0 Å². The lowest BCUT2D eigenvalue weighted by Gasteiger charge is -2.42. The maximum Gasteiger partial charge on any atom is 0.222 e. The minimum Gasteiger partial charge on any atom is -0.298 e. The lowest BCUT2D eigenvalue weighted by Crippen LogP contribution is -2.53. The molecule has 0 spiro atoms. The quantitative estimate of drug-likeness (QED) is 0.527. The molecule has 0 aromatic carbocycles. The molecule has 0 aromatic heterocycles. The molecular weight excluding hydrogens is 206 g/mol. The highest BCUT2D eigenvalue weighted by molar-refractivity contribution is 4.84. The lowest BCUT2D eigenvalue weighted by molar-refractivity contribution is -0.518. The first kappa shape index (κ1) is 11.8. The third-order valence-electron chi connectivity index (χ3n) is 3.88. The molecule has 0 aromatic rings. The summed E-state index contributed by atoms with van der Waals surface area (Å²) < 4.78 is 0. The summed E-state index contributed by atoms with van der Waals surface area (Å²) in [5.41, 5.74) is 0. The molecule has 5 nitrogen and oxygen atoms in total. The van der Waals surface area contributed by atoms with E-state index in [1.165, 1.54) is 19.3 Å². The fourth-order valence-corrected chi connectivity index (χ4v) is 2.50. The maximum absolute atomic E-state index is 10.6. The van der Waals surface area contributed by atoms with Gasteiger partial charge in [-0.1, -0.05) is 6.42 Å². The highest BCUT2D eigenvalue weighted by Gasteiger charge is 2.29. The summed E-state index contributed by atoms with van der Waals surface area (Å²) in [6.45, 7) is 6.47. The predicted octanol–water partition coefficient (Wildman–Crippen LogP) is 0.822. The number of rotatable bonds is 4. The van der Waals surface area contributed by atoms with Crippen LogP contribution in [0.1, 0.15) is 26.2 Å². The Hall–Kier alpha value is -0.680. The largest absolute Gasteiger partial charge is 0.298 e. The molecule has 2 fully saturated rings. The molecule has 0 bridgehead atoms. The fourth-order valence-electron chi connectivity index (χ4n) is 2.50. The monoisotopic (exact) mass is 227 g/mol. The normalized spacial score (nSPS) is 26.3. The average Bonchev–Trinajstić information content (AvgIpc) is 2.18. The van der Waals surface area contributed by atoms with Crippen LogP contribution < -0.4 is 0 Å². The van der Waals surface area contributed by atoms with Crippen LogP contribution >= 0.6 is 0 Å². The zero-order chi connectivity index (χ0) is 11.5. The van der Waals surface area contributed by atoms with E-state index in [0.29, 0.717) is 6.54 Å². The van der Waals surface area contributed by atoms with Crippen LogP contribution in [0, 0.1) is 10.1 Å². The second-order valence-corrected chi connectivity index (χ2v) is 5.06. The zero-order valence-electron chi connectivity index (χ0n) is 9.97. The molecule has 92 valence electrons. The van der Waals surface area contributed by atoms with Crippen molar-refractivity contribution >= 4 is 0 Å². The Balaban J connectivity index is 1.70. The summed E-state index contributed by atoms with van der Waals surface area (Å²) in [6, 6.07) is 0.380. The van der Waals surface area contributed by atoms with Crippen LogP contribution in [0.25, 0.3) is 0 Å². The molecule has 16 heavy (non-hydrogen) atoms. The van der Waals surface area contributed by atoms with Gasteiger partial charge in [0.1, 0.15) is 0 Å². The van der Waals surface area contributed by atoms with E-state index in [4.69, 9.17) is 0 Å². The summed E-state index contributed by atoms with van der Waals surface area (Å²) in [5.74, 6) is 0. The fraction of sp³-hybridized carbons (Fsp3) is 1.00. The van der Waals surface area contributed by atoms with Gasteiger partial charge in [0.25, 0.3) is 0 Å². The Labute approximate surface area is 96.5 Å². The number of hydrogen-bond acceptors (Lipinski definition) is 4. The van der Waals surface area contributed by atoms with Gasteiger partial charge in [0, 0.05) is 44.1 Å². The van der Waals surface area contributed by atoms with Gasteiger partial charge in [0.2, 0.25) is 6.04 Å². The Morgan fingerprint density at radius 1 is 1.31 bits per heavy atom. The Kier molecular flexibility index (Phi) is 3.76. The molecule has 1 aliphatic carbocycles. The molecule has 0 amide bonds. The van der Waals surface area contributed by atoms with Crippen LogP contribution in [0.3, 0.4) is 0 Å². The minimum atomic E-state index is -0.435. The minimum absolute atomic E-state index is 0.182. The molecule has 2 rings (SSSR count). The Morgan fingerprint density at radius 3 is 2.38 bits per heavy atom. The molecular formula is C11H21N3O2. The first-order valence-electron chi connectivity index (χ1n) is 6.26. The van der Waals surface area contributed by atoms with Gasteiger partial charge in [0.15, 0.2) is 0 Å². The third kappa shape index (κ3) is 2.71. The van der Waals surface area contributed by atoms with Crippen molar-refractivity contribution in [3.05, 3.63) is 10.1 Å². The predicted molar refractivity (Wildman–Crippen MR) is 62.1 cm³/mol. The Bertz CT molecular complexity index is 248. The van der Waals surface area contributed by atoms with E-state index in [2.05, 4.69) is 9.80 Å². The smallest absolute Gasteiger partial charge is 0.222 e. The molecule has 1 heterocycles. The number of nitro groups is 1. The van der Waals surface area contributed by atoms with Gasteiger partial charge in [-0.05, 0) is 12.8 Å². The number of nitrogens with zero attached hydrogens (tertiary/aromatic N) is 3. The van der Waals surface area contributed by atoms with Crippen LogP contribution in [-0.2, 0) is 0 Å². The second kappa shape index (κ2) is 5.10. The van der Waals surface area contributed by atoms with E-state index in [1.807, 2.05) is 0 Å². The van der Waals surface area contributed by atoms with Crippen LogP contribution in [0.2, 0.25) is 0 Å². The molecule has 1 atom stereocenters. The van der Waals surface area contributed by atoms with Crippen molar-refractivity contribution in [3.8, 4) is 0 Å². The van der Waals surface area contributed by atoms with Crippen LogP contribution in [0.5, 0.6) is 0 Å². The highest BCUT2D eigenvalue weighted by atomic mass is 16.6. The summed E-state index contributed by atoms with van der Waals surface area (Å²) in [5, 5.41) is 10.6. The van der Waals surface area contributed by atoms with Gasteiger partial charge in [-0.2, -0.15) is 0 Å². The van der Waals surface area contributed by atoms with Gasteiger partial charge in [-0.3, -0.25) is 19.9 Å². The molecule has 0 N–H and O–H groups in total. The van der Waals surface area contributed by atoms with E-state index >= 15 is 0 Å². The summed E-state index contributed by atoms with van der Waals surface area (Å²) in [6.07, 6.45) is 4.08. The maximum atomic E-state index is 10.6. The van der Waals surface area contributed by atoms with E-state index < -0.39 is 6.04 Å². The summed E-state index contributed by atoms with van der Waals surface area (Å²) >= 11 is 0. The molecule has 5 heteroatoms. The van der Waals surface area contributed by atoms with E-state index in [1.54, 1.807) is 6.92 Å². The molecule has 1 unspecified atom stereocenters. The SMILES string of the molecule is CC(CN1CCN(C2CCC2)CC1)[N+](=O)[O-]. The van der Waals surface area contributed by atoms with Crippen LogP contribution in [0.4, 0.5) is 0 Å². The second-order valence-electron chi connectivity index (χ2n) is 5.06. The van der Waals surface area contributed by atoms with Crippen molar-refractivity contribution in [2.75, 3.05) is 32.7 Å². The number of piperazine rings is 1. The topological polar surface area (TPSA) is 49.6 Å². The molecule has 2 aliphatic rings. The van der Waals surface area contributed by atoms with Crippen LogP contribution in [0.15, 0.2) is 0 Å². The van der Waals surface area contributed by atoms with Gasteiger partial charge in [-0.25, -0.2) is 0 Å². The van der Waals surface area contributed by atoms with E-state index in [-0.39, 0.29) is 4.92 Å². The third-order valence-corrected chi connectivity index (χ3v) is 3.88. The zero-order valence-corrected chi connectivity index (χ0v) is 9.97. The Morgan fingerprint density at radius 2 is 1.94 bits per heavy atom. The van der Waals surface area contributed by atoms with Gasteiger partial charge >= 0.3 is 0 Å². The van der Waals surface area contributed by atoms with Crippen molar-refractivity contribution in [2.45, 2.75) is 38.3 Å². The highest BCUT2D eigenvalue weighted by Crippen LogP contribution is 2.25. The molecule has 1 aliphatic heterocycles. The number of hydrogen-bond donors (Lipinski definition) is 0. The average molecular weight is 227 g/mol. The first-order chi connectivity index (χ1) is 7.66. The summed E-state index contributed by atoms with van der Waals surface area (Å²) in [4.78, 5) is 15.2. The van der Waals surface area contributed by atoms with Gasteiger partial charge < -0.3 is 0 Å². The molecule has 1 saturated heterocycles. The van der Waals surface area contributed by atoms with Gasteiger partial charge in [-0.15, -0.1) is 0 Å². The first-order valence-corrected chi connectivity index (χ1v) is 6.26. The van der Waals surface area contributed by atoms with E-state index in [9.17, 15) is 10.1 Å². The van der Waals surface area contributed by atoms with Gasteiger partial charge in [0.05, 0.1) is 6.54 Å². The van der Waals surface area contributed by atoms with Crippen molar-refractivity contribution in [1.82, 2.24) is 9.80 Å². The summed E-state index contributed by atoms with van der Waals surface area (Å²) in [7, 11) is 0. The molecule has 1 saturated carbocycles. The van der Waals surface area contributed by atoms with Crippen LogP contribution in [-0.4, -0.2) is 59.5 Å². The molecule has 0 radical (unpaired) electrons. The van der Waals surface area contributed by atoms with Crippen molar-refractivity contribution in [2.24, 2.45) is 0 Å². The van der Waals surface area contributed by atoms with Crippen molar-refractivity contribution < 1.29 is 4.92 Å². The lowest BCUT2D eigenvalue weighted by atomic mass is 9.91. The standard InChI is InChI=1S/C11H21N3O2/c1-10(14(15)16)9-12-5-7-13(8-6-12)11-3-2-4-11/h10-11H,2-9H2,1H3.